The van der Waals surface area contributed by atoms with Crippen LogP contribution in [-0.4, -0.2) is 11.3 Å². The average molecular weight is 225 g/mol. The van der Waals surface area contributed by atoms with Crippen molar-refractivity contribution >= 4 is 11.9 Å². The fraction of sp³-hybridized carbons (Fsp3) is 0.133. The highest BCUT2D eigenvalue weighted by Crippen LogP contribution is 2.20. The molecule has 0 aliphatic rings. The predicted molar refractivity (Wildman–Crippen MR) is 71.3 cm³/mol. The van der Waals surface area contributed by atoms with E-state index in [1.54, 1.807) is 6.21 Å². The quantitative estimate of drug-likeness (QED) is 0.775. The third-order valence-electron chi connectivity index (χ3n) is 2.66. The van der Waals surface area contributed by atoms with Crippen molar-refractivity contribution in [2.24, 2.45) is 4.99 Å². The van der Waals surface area contributed by atoms with Crippen molar-refractivity contribution in [2.45, 2.75) is 13.8 Å². The standard InChI is InChI=1S/C15H15NO/c1-11-6-8-14(9-7-11)16-10-13-5-3-4-12(2)15(13)17/h3-10,17H,1-2H3. The van der Waals surface area contributed by atoms with Gasteiger partial charge < -0.3 is 5.11 Å². The van der Waals surface area contributed by atoms with Crippen LogP contribution in [0.3, 0.4) is 0 Å². The van der Waals surface area contributed by atoms with E-state index in [0.29, 0.717) is 5.75 Å². The van der Waals surface area contributed by atoms with Gasteiger partial charge in [-0.1, -0.05) is 29.8 Å². The lowest BCUT2D eigenvalue weighted by Gasteiger charge is -2.01. The van der Waals surface area contributed by atoms with E-state index >= 15 is 0 Å². The van der Waals surface area contributed by atoms with Gasteiger partial charge in [0.05, 0.1) is 5.69 Å². The Balaban J connectivity index is 2.26. The number of phenols is 1. The zero-order valence-corrected chi connectivity index (χ0v) is 10.0. The van der Waals surface area contributed by atoms with Gasteiger partial charge >= 0.3 is 0 Å². The smallest absolute Gasteiger partial charge is 0.127 e. The Bertz CT molecular complexity index is 541. The first kappa shape index (κ1) is 11.4. The topological polar surface area (TPSA) is 32.6 Å². The summed E-state index contributed by atoms with van der Waals surface area (Å²) in [6.45, 7) is 3.92. The first-order valence-electron chi connectivity index (χ1n) is 5.56. The Labute approximate surface area is 101 Å². The van der Waals surface area contributed by atoms with E-state index in [9.17, 15) is 5.11 Å². The molecule has 0 saturated carbocycles. The lowest BCUT2D eigenvalue weighted by molar-refractivity contribution is 0.470. The number of aromatic hydroxyl groups is 1. The summed E-state index contributed by atoms with van der Waals surface area (Å²) in [6.07, 6.45) is 1.69. The Kier molecular flexibility index (Phi) is 3.24. The highest BCUT2D eigenvalue weighted by molar-refractivity contribution is 5.85. The van der Waals surface area contributed by atoms with Gasteiger partial charge in [-0.2, -0.15) is 0 Å². The van der Waals surface area contributed by atoms with Crippen LogP contribution in [0.25, 0.3) is 0 Å². The molecule has 2 nitrogen and oxygen atoms in total. The van der Waals surface area contributed by atoms with Gasteiger partial charge in [-0.15, -0.1) is 0 Å². The van der Waals surface area contributed by atoms with Crippen molar-refractivity contribution in [1.82, 2.24) is 0 Å². The lowest BCUT2D eigenvalue weighted by Crippen LogP contribution is -1.84. The van der Waals surface area contributed by atoms with Gasteiger partial charge in [-0.05, 0) is 37.6 Å². The minimum absolute atomic E-state index is 0.295. The highest BCUT2D eigenvalue weighted by atomic mass is 16.3. The molecule has 0 aromatic heterocycles. The number of phenolic OH excluding ortho intramolecular Hbond substituents is 1. The Morgan fingerprint density at radius 1 is 1.00 bits per heavy atom. The molecule has 0 saturated heterocycles. The number of aryl methyl sites for hydroxylation is 2. The summed E-state index contributed by atoms with van der Waals surface area (Å²) in [5.74, 6) is 0.295. The van der Waals surface area contributed by atoms with Gasteiger partial charge in [-0.25, -0.2) is 0 Å². The Hall–Kier alpha value is -2.09. The van der Waals surface area contributed by atoms with Gasteiger partial charge in [0.2, 0.25) is 0 Å². The molecule has 1 N–H and O–H groups in total. The van der Waals surface area contributed by atoms with Crippen molar-refractivity contribution in [2.75, 3.05) is 0 Å². The second kappa shape index (κ2) is 4.83. The number of aliphatic imine (C=N–C) groups is 1. The second-order valence-electron chi connectivity index (χ2n) is 4.11. The van der Waals surface area contributed by atoms with Crippen molar-refractivity contribution in [3.63, 3.8) is 0 Å². The molecule has 0 radical (unpaired) electrons. The van der Waals surface area contributed by atoms with Crippen molar-refractivity contribution < 1.29 is 5.11 Å². The molecule has 2 aromatic carbocycles. The highest BCUT2D eigenvalue weighted by Gasteiger charge is 2.00. The maximum atomic E-state index is 9.83. The first-order chi connectivity index (χ1) is 8.16. The molecule has 0 bridgehead atoms. The molecular formula is C15H15NO. The van der Waals surface area contributed by atoms with E-state index in [4.69, 9.17) is 0 Å². The van der Waals surface area contributed by atoms with Crippen LogP contribution in [0.5, 0.6) is 5.75 Å². The van der Waals surface area contributed by atoms with Gasteiger partial charge in [-0.3, -0.25) is 4.99 Å². The molecule has 0 unspecified atom stereocenters. The molecule has 0 amide bonds. The van der Waals surface area contributed by atoms with Crippen LogP contribution >= 0.6 is 0 Å². The first-order valence-corrected chi connectivity index (χ1v) is 5.56. The van der Waals surface area contributed by atoms with Crippen LogP contribution in [0.4, 0.5) is 5.69 Å². The van der Waals surface area contributed by atoms with E-state index in [0.717, 1.165) is 16.8 Å². The summed E-state index contributed by atoms with van der Waals surface area (Å²) in [5.41, 5.74) is 3.70. The summed E-state index contributed by atoms with van der Waals surface area (Å²) in [6, 6.07) is 13.6. The monoisotopic (exact) mass is 225 g/mol. The molecule has 86 valence electrons. The van der Waals surface area contributed by atoms with Crippen LogP contribution in [0.15, 0.2) is 47.5 Å². The largest absolute Gasteiger partial charge is 0.507 e. The number of hydrogen-bond donors (Lipinski definition) is 1. The summed E-state index contributed by atoms with van der Waals surface area (Å²) in [5, 5.41) is 9.83. The molecule has 0 heterocycles. The molecule has 2 heteroatoms. The van der Waals surface area contributed by atoms with Crippen LogP contribution in [-0.2, 0) is 0 Å². The van der Waals surface area contributed by atoms with Gasteiger partial charge in [0, 0.05) is 11.8 Å². The van der Waals surface area contributed by atoms with Crippen LogP contribution in [0.2, 0.25) is 0 Å². The van der Waals surface area contributed by atoms with Crippen LogP contribution in [0.1, 0.15) is 16.7 Å². The fourth-order valence-electron chi connectivity index (χ4n) is 1.56. The number of nitrogens with zero attached hydrogens (tertiary/aromatic N) is 1. The van der Waals surface area contributed by atoms with Gasteiger partial charge in [0.1, 0.15) is 5.75 Å². The summed E-state index contributed by atoms with van der Waals surface area (Å²) in [4.78, 5) is 4.33. The van der Waals surface area contributed by atoms with Crippen LogP contribution < -0.4 is 0 Å². The lowest BCUT2D eigenvalue weighted by atomic mass is 10.1. The summed E-state index contributed by atoms with van der Waals surface area (Å²) >= 11 is 0. The molecule has 0 atom stereocenters. The Morgan fingerprint density at radius 3 is 2.41 bits per heavy atom. The summed E-state index contributed by atoms with van der Waals surface area (Å²) < 4.78 is 0. The minimum Gasteiger partial charge on any atom is -0.507 e. The van der Waals surface area contributed by atoms with Crippen molar-refractivity contribution in [1.29, 1.82) is 0 Å². The van der Waals surface area contributed by atoms with Gasteiger partial charge in [0.25, 0.3) is 0 Å². The SMILES string of the molecule is Cc1ccc(N=Cc2cccc(C)c2O)cc1. The summed E-state index contributed by atoms with van der Waals surface area (Å²) in [7, 11) is 0. The van der Waals surface area contributed by atoms with E-state index in [1.165, 1.54) is 5.56 Å². The number of rotatable bonds is 2. The van der Waals surface area contributed by atoms with E-state index in [-0.39, 0.29) is 0 Å². The fourth-order valence-corrected chi connectivity index (χ4v) is 1.56. The number of benzene rings is 2. The molecule has 17 heavy (non-hydrogen) atoms. The minimum atomic E-state index is 0.295. The van der Waals surface area contributed by atoms with Crippen molar-refractivity contribution in [3.05, 3.63) is 59.2 Å². The average Bonchev–Trinajstić information content (AvgIpc) is 2.33. The predicted octanol–water partition coefficient (Wildman–Crippen LogP) is 3.76. The third-order valence-corrected chi connectivity index (χ3v) is 2.66. The van der Waals surface area contributed by atoms with Crippen molar-refractivity contribution in [3.8, 4) is 5.75 Å². The molecule has 2 rings (SSSR count). The molecule has 0 aliphatic heterocycles. The van der Waals surface area contributed by atoms with E-state index in [1.807, 2.05) is 56.3 Å². The Morgan fingerprint density at radius 2 is 1.71 bits per heavy atom. The molecule has 0 aliphatic carbocycles. The maximum absolute atomic E-state index is 9.83. The van der Waals surface area contributed by atoms with Crippen LogP contribution in [0, 0.1) is 13.8 Å². The number of hydrogen-bond acceptors (Lipinski definition) is 2. The third kappa shape index (κ3) is 2.72. The normalized spacial score (nSPS) is 10.9. The maximum Gasteiger partial charge on any atom is 0.127 e. The molecular weight excluding hydrogens is 210 g/mol. The number of para-hydroxylation sites is 1. The van der Waals surface area contributed by atoms with E-state index < -0.39 is 0 Å². The molecule has 0 spiro atoms. The second-order valence-corrected chi connectivity index (χ2v) is 4.11. The van der Waals surface area contributed by atoms with E-state index in [2.05, 4.69) is 4.99 Å². The van der Waals surface area contributed by atoms with Gasteiger partial charge in [0.15, 0.2) is 0 Å². The molecule has 0 fully saturated rings. The zero-order valence-electron chi connectivity index (χ0n) is 10.0. The zero-order chi connectivity index (χ0) is 12.3. The molecule has 2 aromatic rings.